The number of hydrogen-bond donors (Lipinski definition) is 1. The summed E-state index contributed by atoms with van der Waals surface area (Å²) in [5, 5.41) is 7.83. The summed E-state index contributed by atoms with van der Waals surface area (Å²) in [6.45, 7) is 4.16. The third-order valence-electron chi connectivity index (χ3n) is 3.28. The van der Waals surface area contributed by atoms with Crippen LogP contribution in [0.1, 0.15) is 18.7 Å². The zero-order valence-electron chi connectivity index (χ0n) is 11.0. The van der Waals surface area contributed by atoms with Crippen LogP contribution in [0.5, 0.6) is 0 Å². The summed E-state index contributed by atoms with van der Waals surface area (Å²) in [5.41, 5.74) is 0.531. The molecule has 1 aliphatic heterocycles. The number of ether oxygens (including phenoxy) is 1. The quantitative estimate of drug-likeness (QED) is 0.928. The second-order valence-electron chi connectivity index (χ2n) is 4.60. The van der Waals surface area contributed by atoms with Crippen molar-refractivity contribution >= 4 is 11.6 Å². The van der Waals surface area contributed by atoms with E-state index in [0.717, 1.165) is 6.54 Å². The van der Waals surface area contributed by atoms with E-state index in [9.17, 15) is 0 Å². The largest absolute Gasteiger partial charge is 0.379 e. The number of nitrogens with one attached hydrogen (secondary N) is 1. The maximum absolute atomic E-state index is 6.08. The summed E-state index contributed by atoms with van der Waals surface area (Å²) in [5.74, 6) is 1.04. The van der Waals surface area contributed by atoms with E-state index in [2.05, 4.69) is 27.4 Å². The molecule has 0 spiro atoms. The summed E-state index contributed by atoms with van der Waals surface area (Å²) in [6.07, 6.45) is 1.65. The van der Waals surface area contributed by atoms with Crippen molar-refractivity contribution in [1.29, 1.82) is 0 Å². The predicted molar refractivity (Wildman–Crippen MR) is 73.6 cm³/mol. The molecule has 2 unspecified atom stereocenters. The van der Waals surface area contributed by atoms with Crippen LogP contribution in [0.2, 0.25) is 5.02 Å². The van der Waals surface area contributed by atoms with Crippen molar-refractivity contribution < 1.29 is 9.26 Å². The van der Waals surface area contributed by atoms with Gasteiger partial charge in [-0.15, -0.1) is 0 Å². The van der Waals surface area contributed by atoms with Crippen molar-refractivity contribution in [2.75, 3.05) is 19.8 Å². The Labute approximate surface area is 121 Å². The molecule has 106 valence electrons. The summed E-state index contributed by atoms with van der Waals surface area (Å²) in [4.78, 5) is 8.59. The molecular weight excluding hydrogens is 280 g/mol. The molecule has 20 heavy (non-hydrogen) atoms. The van der Waals surface area contributed by atoms with Gasteiger partial charge in [-0.1, -0.05) is 23.7 Å². The number of rotatable bonds is 4. The average molecular weight is 295 g/mol. The lowest BCUT2D eigenvalue weighted by atomic mass is 10.0. The highest BCUT2D eigenvalue weighted by Gasteiger charge is 2.33. The third kappa shape index (κ3) is 2.54. The van der Waals surface area contributed by atoms with Gasteiger partial charge in [-0.2, -0.15) is 4.98 Å². The van der Waals surface area contributed by atoms with Crippen LogP contribution in [0, 0.1) is 0 Å². The summed E-state index contributed by atoms with van der Waals surface area (Å²) in [7, 11) is 0. The van der Waals surface area contributed by atoms with Crippen molar-refractivity contribution in [3.05, 3.63) is 29.2 Å². The molecular formula is C13H15ClN4O2. The maximum Gasteiger partial charge on any atom is 0.234 e. The molecule has 7 heteroatoms. The second-order valence-corrected chi connectivity index (χ2v) is 5.01. The summed E-state index contributed by atoms with van der Waals surface area (Å²) < 4.78 is 10.8. The van der Waals surface area contributed by atoms with Crippen LogP contribution in [0.4, 0.5) is 0 Å². The van der Waals surface area contributed by atoms with Gasteiger partial charge in [0.1, 0.15) is 5.69 Å². The SMILES string of the molecule is CCNC1COCC1c1nc(-c2ncccc2Cl)no1. The van der Waals surface area contributed by atoms with Crippen molar-refractivity contribution in [3.63, 3.8) is 0 Å². The number of hydrogen-bond acceptors (Lipinski definition) is 6. The minimum atomic E-state index is 0.0682. The van der Waals surface area contributed by atoms with Gasteiger partial charge in [-0.3, -0.25) is 4.98 Å². The highest BCUT2D eigenvalue weighted by atomic mass is 35.5. The Balaban J connectivity index is 1.85. The van der Waals surface area contributed by atoms with E-state index < -0.39 is 0 Å². The number of halogens is 1. The Bertz CT molecular complexity index is 589. The van der Waals surface area contributed by atoms with Gasteiger partial charge in [-0.25, -0.2) is 0 Å². The molecule has 1 saturated heterocycles. The van der Waals surface area contributed by atoms with Gasteiger partial charge in [0.05, 0.1) is 24.2 Å². The molecule has 0 aromatic carbocycles. The minimum absolute atomic E-state index is 0.0682. The first kappa shape index (κ1) is 13.5. The monoisotopic (exact) mass is 294 g/mol. The van der Waals surface area contributed by atoms with E-state index in [0.29, 0.717) is 35.6 Å². The van der Waals surface area contributed by atoms with E-state index in [1.165, 1.54) is 0 Å². The molecule has 1 aliphatic rings. The van der Waals surface area contributed by atoms with Crippen LogP contribution >= 0.6 is 11.6 Å². The number of aromatic nitrogens is 3. The molecule has 3 rings (SSSR count). The lowest BCUT2D eigenvalue weighted by molar-refractivity contribution is 0.185. The standard InChI is InChI=1S/C13H15ClN4O2/c1-2-15-10-7-19-6-8(10)13-17-12(18-20-13)11-9(14)4-3-5-16-11/h3-5,8,10,15H,2,6-7H2,1H3. The van der Waals surface area contributed by atoms with E-state index in [1.54, 1.807) is 18.3 Å². The Hall–Kier alpha value is -1.50. The topological polar surface area (TPSA) is 73.1 Å². The van der Waals surface area contributed by atoms with Crippen LogP contribution in [-0.2, 0) is 4.74 Å². The van der Waals surface area contributed by atoms with E-state index >= 15 is 0 Å². The molecule has 1 fully saturated rings. The fourth-order valence-electron chi connectivity index (χ4n) is 2.29. The van der Waals surface area contributed by atoms with Gasteiger partial charge in [0.25, 0.3) is 0 Å². The normalized spacial score (nSPS) is 22.3. The van der Waals surface area contributed by atoms with Crippen LogP contribution in [0.25, 0.3) is 11.5 Å². The predicted octanol–water partition coefficient (Wildman–Crippen LogP) is 1.88. The molecule has 1 N–H and O–H groups in total. The third-order valence-corrected chi connectivity index (χ3v) is 3.58. The molecule has 0 radical (unpaired) electrons. The number of pyridine rings is 1. The van der Waals surface area contributed by atoms with Crippen molar-refractivity contribution in [2.45, 2.75) is 18.9 Å². The van der Waals surface area contributed by atoms with Crippen LogP contribution in [0.15, 0.2) is 22.9 Å². The van der Waals surface area contributed by atoms with Crippen molar-refractivity contribution in [1.82, 2.24) is 20.4 Å². The Morgan fingerprint density at radius 1 is 1.45 bits per heavy atom. The number of likely N-dealkylation sites (N-methyl/N-ethyl adjacent to an activating group) is 1. The molecule has 3 heterocycles. The molecule has 2 atom stereocenters. The van der Waals surface area contributed by atoms with Crippen molar-refractivity contribution in [2.24, 2.45) is 0 Å². The zero-order valence-corrected chi connectivity index (χ0v) is 11.8. The average Bonchev–Trinajstić information content (AvgIpc) is 3.08. The summed E-state index contributed by atoms with van der Waals surface area (Å²) >= 11 is 6.08. The van der Waals surface area contributed by atoms with Gasteiger partial charge in [0.2, 0.25) is 11.7 Å². The first-order valence-corrected chi connectivity index (χ1v) is 6.93. The fraction of sp³-hybridized carbons (Fsp3) is 0.462. The highest BCUT2D eigenvalue weighted by Crippen LogP contribution is 2.28. The van der Waals surface area contributed by atoms with E-state index in [-0.39, 0.29) is 12.0 Å². The molecule has 2 aromatic heterocycles. The first-order valence-electron chi connectivity index (χ1n) is 6.55. The molecule has 0 amide bonds. The van der Waals surface area contributed by atoms with Crippen LogP contribution in [0.3, 0.4) is 0 Å². The lowest BCUT2D eigenvalue weighted by Gasteiger charge is -2.13. The van der Waals surface area contributed by atoms with Gasteiger partial charge >= 0.3 is 0 Å². The highest BCUT2D eigenvalue weighted by molar-refractivity contribution is 6.32. The minimum Gasteiger partial charge on any atom is -0.379 e. The zero-order chi connectivity index (χ0) is 13.9. The van der Waals surface area contributed by atoms with Gasteiger partial charge in [0, 0.05) is 12.2 Å². The van der Waals surface area contributed by atoms with Crippen LogP contribution < -0.4 is 5.32 Å². The molecule has 0 bridgehead atoms. The maximum atomic E-state index is 6.08. The molecule has 2 aromatic rings. The Morgan fingerprint density at radius 2 is 2.35 bits per heavy atom. The first-order chi connectivity index (χ1) is 9.79. The van der Waals surface area contributed by atoms with Gasteiger partial charge in [-0.05, 0) is 18.7 Å². The smallest absolute Gasteiger partial charge is 0.234 e. The fourth-order valence-corrected chi connectivity index (χ4v) is 2.50. The summed E-state index contributed by atoms with van der Waals surface area (Å²) in [6, 6.07) is 3.71. The van der Waals surface area contributed by atoms with Gasteiger partial charge < -0.3 is 14.6 Å². The lowest BCUT2D eigenvalue weighted by Crippen LogP contribution is -2.34. The van der Waals surface area contributed by atoms with E-state index in [4.69, 9.17) is 20.9 Å². The molecule has 0 saturated carbocycles. The van der Waals surface area contributed by atoms with Gasteiger partial charge in [0.15, 0.2) is 0 Å². The second kappa shape index (κ2) is 5.87. The molecule has 0 aliphatic carbocycles. The molecule has 6 nitrogen and oxygen atoms in total. The number of nitrogens with zero attached hydrogens (tertiary/aromatic N) is 3. The van der Waals surface area contributed by atoms with E-state index in [1.807, 2.05) is 0 Å². The Kier molecular flexibility index (Phi) is 3.95. The van der Waals surface area contributed by atoms with Crippen LogP contribution in [-0.4, -0.2) is 40.9 Å². The van der Waals surface area contributed by atoms with Crippen molar-refractivity contribution in [3.8, 4) is 11.5 Å². The Morgan fingerprint density at radius 3 is 3.15 bits per heavy atom.